The minimum atomic E-state index is -1.13. The van der Waals surface area contributed by atoms with E-state index in [0.29, 0.717) is 11.5 Å². The number of ether oxygens (including phenoxy) is 2. The van der Waals surface area contributed by atoms with Gasteiger partial charge < -0.3 is 19.9 Å². The highest BCUT2D eigenvalue weighted by Crippen LogP contribution is 2.16. The van der Waals surface area contributed by atoms with Crippen molar-refractivity contribution in [2.45, 2.75) is 0 Å². The van der Waals surface area contributed by atoms with Crippen LogP contribution in [0.25, 0.3) is 0 Å². The average Bonchev–Trinajstić information content (AvgIpc) is 2.27. The summed E-state index contributed by atoms with van der Waals surface area (Å²) in [4.78, 5) is 21.2. The Balaban J connectivity index is 2.46. The van der Waals surface area contributed by atoms with Crippen LogP contribution in [0.2, 0.25) is 0 Å². The van der Waals surface area contributed by atoms with Gasteiger partial charge in [0.15, 0.2) is 0 Å². The highest BCUT2D eigenvalue weighted by atomic mass is 16.6. The summed E-state index contributed by atoms with van der Waals surface area (Å²) < 4.78 is 9.71. The lowest BCUT2D eigenvalue weighted by molar-refractivity contribution is -0.135. The Morgan fingerprint density at radius 1 is 1.25 bits per heavy atom. The summed E-state index contributed by atoms with van der Waals surface area (Å²) in [5.74, 6) is -0.186. The Morgan fingerprint density at radius 2 is 1.81 bits per heavy atom. The van der Waals surface area contributed by atoms with Crippen LogP contribution in [0.3, 0.4) is 0 Å². The average molecular weight is 225 g/mol. The molecule has 0 aliphatic carbocycles. The molecule has 1 amide bonds. The van der Waals surface area contributed by atoms with Gasteiger partial charge in [-0.3, -0.25) is 4.79 Å². The summed E-state index contributed by atoms with van der Waals surface area (Å²) in [6.45, 7) is -0.477. The van der Waals surface area contributed by atoms with E-state index in [0.717, 1.165) is 0 Å². The largest absolute Gasteiger partial charge is 0.497 e. The van der Waals surface area contributed by atoms with Crippen molar-refractivity contribution in [3.8, 4) is 11.5 Å². The van der Waals surface area contributed by atoms with Gasteiger partial charge in [0.25, 0.3) is 0 Å². The minimum absolute atomic E-state index is 0.309. The Kier molecular flexibility index (Phi) is 4.14. The van der Waals surface area contributed by atoms with Crippen LogP contribution >= 0.6 is 0 Å². The van der Waals surface area contributed by atoms with Gasteiger partial charge in [-0.25, -0.2) is 4.79 Å². The second kappa shape index (κ2) is 5.59. The van der Waals surface area contributed by atoms with Crippen LogP contribution in [-0.4, -0.2) is 30.8 Å². The number of nitrogens with one attached hydrogen (secondary N) is 1. The van der Waals surface area contributed by atoms with Gasteiger partial charge in [0, 0.05) is 0 Å². The van der Waals surface area contributed by atoms with E-state index in [2.05, 4.69) is 5.32 Å². The zero-order valence-electron chi connectivity index (χ0n) is 8.60. The highest BCUT2D eigenvalue weighted by molar-refractivity contribution is 5.77. The Labute approximate surface area is 91.8 Å². The van der Waals surface area contributed by atoms with Gasteiger partial charge in [-0.1, -0.05) is 0 Å². The van der Waals surface area contributed by atoms with Gasteiger partial charge in [0.05, 0.1) is 7.11 Å². The van der Waals surface area contributed by atoms with E-state index in [4.69, 9.17) is 14.6 Å². The molecular formula is C10H11NO5. The van der Waals surface area contributed by atoms with Crippen molar-refractivity contribution in [2.75, 3.05) is 13.7 Å². The Morgan fingerprint density at radius 3 is 2.31 bits per heavy atom. The molecule has 0 radical (unpaired) electrons. The first-order chi connectivity index (χ1) is 7.61. The normalized spacial score (nSPS) is 9.31. The maximum atomic E-state index is 11.0. The SMILES string of the molecule is COc1ccc(OC(=O)NCC(=O)O)cc1. The first kappa shape index (κ1) is 11.8. The predicted octanol–water partition coefficient (Wildman–Crippen LogP) is 0.868. The predicted molar refractivity (Wildman–Crippen MR) is 54.7 cm³/mol. The molecular weight excluding hydrogens is 214 g/mol. The van der Waals surface area contributed by atoms with E-state index in [1.165, 1.54) is 7.11 Å². The van der Waals surface area contributed by atoms with Crippen molar-refractivity contribution in [1.82, 2.24) is 5.32 Å². The van der Waals surface area contributed by atoms with E-state index >= 15 is 0 Å². The van der Waals surface area contributed by atoms with Gasteiger partial charge >= 0.3 is 12.1 Å². The number of methoxy groups -OCH3 is 1. The quantitative estimate of drug-likeness (QED) is 0.794. The fraction of sp³-hybridized carbons (Fsp3) is 0.200. The molecule has 1 rings (SSSR count). The monoisotopic (exact) mass is 225 g/mol. The molecule has 0 aromatic heterocycles. The van der Waals surface area contributed by atoms with E-state index < -0.39 is 18.6 Å². The first-order valence-electron chi connectivity index (χ1n) is 4.43. The molecule has 0 spiro atoms. The number of carboxylic acids is 1. The molecule has 1 aromatic rings. The molecule has 86 valence electrons. The molecule has 0 saturated heterocycles. The van der Waals surface area contributed by atoms with Gasteiger partial charge in [-0.05, 0) is 24.3 Å². The molecule has 0 aliphatic heterocycles. The maximum Gasteiger partial charge on any atom is 0.413 e. The third kappa shape index (κ3) is 3.87. The molecule has 0 atom stereocenters. The van der Waals surface area contributed by atoms with Crippen molar-refractivity contribution >= 4 is 12.1 Å². The number of carboxylic acid groups (broad SMARTS) is 1. The summed E-state index contributed by atoms with van der Waals surface area (Å²) >= 11 is 0. The van der Waals surface area contributed by atoms with Gasteiger partial charge in [-0.15, -0.1) is 0 Å². The van der Waals surface area contributed by atoms with Crippen LogP contribution in [-0.2, 0) is 4.79 Å². The Bertz CT molecular complexity index is 373. The number of benzene rings is 1. The molecule has 1 aromatic carbocycles. The first-order valence-corrected chi connectivity index (χ1v) is 4.43. The van der Waals surface area contributed by atoms with Crippen LogP contribution in [0.5, 0.6) is 11.5 Å². The minimum Gasteiger partial charge on any atom is -0.497 e. The molecule has 0 heterocycles. The lowest BCUT2D eigenvalue weighted by Gasteiger charge is -2.05. The summed E-state index contributed by atoms with van der Waals surface area (Å²) in [6, 6.07) is 6.33. The lowest BCUT2D eigenvalue weighted by atomic mass is 10.3. The molecule has 6 heteroatoms. The molecule has 6 nitrogen and oxygen atoms in total. The highest BCUT2D eigenvalue weighted by Gasteiger charge is 2.05. The summed E-state index contributed by atoms with van der Waals surface area (Å²) in [5, 5.41) is 10.4. The standard InChI is InChI=1S/C10H11NO5/c1-15-7-2-4-8(5-3-7)16-10(14)11-6-9(12)13/h2-5H,6H2,1H3,(H,11,14)(H,12,13). The number of hydrogen-bond donors (Lipinski definition) is 2. The van der Waals surface area contributed by atoms with Crippen LogP contribution < -0.4 is 14.8 Å². The molecule has 0 saturated carbocycles. The molecule has 0 bridgehead atoms. The lowest BCUT2D eigenvalue weighted by Crippen LogP contribution is -2.31. The van der Waals surface area contributed by atoms with Crippen molar-refractivity contribution in [2.24, 2.45) is 0 Å². The second-order valence-electron chi connectivity index (χ2n) is 2.81. The van der Waals surface area contributed by atoms with Crippen LogP contribution in [0.4, 0.5) is 4.79 Å². The van der Waals surface area contributed by atoms with Crippen LogP contribution in [0.1, 0.15) is 0 Å². The zero-order valence-corrected chi connectivity index (χ0v) is 8.60. The molecule has 0 fully saturated rings. The summed E-state index contributed by atoms with van der Waals surface area (Å²) in [5.41, 5.74) is 0. The van der Waals surface area contributed by atoms with E-state index in [9.17, 15) is 9.59 Å². The van der Waals surface area contributed by atoms with Crippen molar-refractivity contribution in [1.29, 1.82) is 0 Å². The number of amides is 1. The zero-order chi connectivity index (χ0) is 12.0. The van der Waals surface area contributed by atoms with Crippen molar-refractivity contribution in [3.05, 3.63) is 24.3 Å². The number of carbonyl (C=O) groups excluding carboxylic acids is 1. The van der Waals surface area contributed by atoms with E-state index in [1.54, 1.807) is 24.3 Å². The summed E-state index contributed by atoms with van der Waals surface area (Å²) in [7, 11) is 1.52. The second-order valence-corrected chi connectivity index (χ2v) is 2.81. The number of aliphatic carboxylic acids is 1. The fourth-order valence-electron chi connectivity index (χ4n) is 0.935. The third-order valence-electron chi connectivity index (χ3n) is 1.65. The Hall–Kier alpha value is -2.24. The van der Waals surface area contributed by atoms with E-state index in [-0.39, 0.29) is 0 Å². The maximum absolute atomic E-state index is 11.0. The number of carbonyl (C=O) groups is 2. The molecule has 16 heavy (non-hydrogen) atoms. The van der Waals surface area contributed by atoms with E-state index in [1.807, 2.05) is 0 Å². The van der Waals surface area contributed by atoms with Gasteiger partial charge in [0.2, 0.25) is 0 Å². The number of hydrogen-bond acceptors (Lipinski definition) is 4. The van der Waals surface area contributed by atoms with Gasteiger partial charge in [0.1, 0.15) is 18.0 Å². The smallest absolute Gasteiger partial charge is 0.413 e. The van der Waals surface area contributed by atoms with Gasteiger partial charge in [-0.2, -0.15) is 0 Å². The topological polar surface area (TPSA) is 84.9 Å². The molecule has 0 unspecified atom stereocenters. The third-order valence-corrected chi connectivity index (χ3v) is 1.65. The molecule has 0 aliphatic rings. The van der Waals surface area contributed by atoms with Crippen molar-refractivity contribution < 1.29 is 24.2 Å². The molecule has 2 N–H and O–H groups in total. The van der Waals surface area contributed by atoms with Crippen molar-refractivity contribution in [3.63, 3.8) is 0 Å². The van der Waals surface area contributed by atoms with Crippen LogP contribution in [0, 0.1) is 0 Å². The fourth-order valence-corrected chi connectivity index (χ4v) is 0.935. The summed E-state index contributed by atoms with van der Waals surface area (Å²) in [6.07, 6.45) is -0.812. The van der Waals surface area contributed by atoms with Crippen LogP contribution in [0.15, 0.2) is 24.3 Å². The number of rotatable bonds is 4.